The van der Waals surface area contributed by atoms with Crippen molar-refractivity contribution in [1.82, 2.24) is 0 Å². The summed E-state index contributed by atoms with van der Waals surface area (Å²) >= 11 is 0. The summed E-state index contributed by atoms with van der Waals surface area (Å²) in [7, 11) is 0. The second-order valence-corrected chi connectivity index (χ2v) is 19.0. The van der Waals surface area contributed by atoms with E-state index in [-0.39, 0.29) is 0 Å². The second kappa shape index (κ2) is 18.7. The molecular weight excluding hydrogens is 869 g/mol. The summed E-state index contributed by atoms with van der Waals surface area (Å²) in [6.07, 6.45) is 17.8. The fourth-order valence-electron chi connectivity index (χ4n) is 11.3. The lowest BCUT2D eigenvalue weighted by Crippen LogP contribution is -2.17. The number of hydrogen-bond acceptors (Lipinski definition) is 2. The highest BCUT2D eigenvalue weighted by Crippen LogP contribution is 2.50. The van der Waals surface area contributed by atoms with Crippen LogP contribution < -0.4 is 9.80 Å². The minimum absolute atomic E-state index is 0.947. The molecule has 0 unspecified atom stereocenters. The number of para-hydroxylation sites is 1. The van der Waals surface area contributed by atoms with Gasteiger partial charge in [-0.3, -0.25) is 0 Å². The van der Waals surface area contributed by atoms with Crippen molar-refractivity contribution < 1.29 is 0 Å². The molecule has 72 heavy (non-hydrogen) atoms. The lowest BCUT2D eigenvalue weighted by molar-refractivity contribution is 0.918. The molecule has 342 valence electrons. The molecule has 0 radical (unpaired) electrons. The van der Waals surface area contributed by atoms with Crippen LogP contribution in [-0.4, -0.2) is 0 Å². The van der Waals surface area contributed by atoms with Gasteiger partial charge in [0.05, 0.1) is 0 Å². The quantitative estimate of drug-likeness (QED) is 0.126. The first-order valence-electron chi connectivity index (χ1n) is 25.4. The van der Waals surface area contributed by atoms with E-state index in [0.29, 0.717) is 0 Å². The number of rotatable bonds is 10. The van der Waals surface area contributed by atoms with E-state index in [0.717, 1.165) is 54.1 Å². The van der Waals surface area contributed by atoms with Gasteiger partial charge in [0.25, 0.3) is 0 Å². The third-order valence-electron chi connectivity index (χ3n) is 14.7. The van der Waals surface area contributed by atoms with E-state index in [1.54, 1.807) is 0 Å². The minimum atomic E-state index is 0.947. The smallest absolute Gasteiger partial charge is 0.0468 e. The van der Waals surface area contributed by atoms with Crippen molar-refractivity contribution in [1.29, 1.82) is 0 Å². The van der Waals surface area contributed by atoms with E-state index in [4.69, 9.17) is 0 Å². The zero-order valence-corrected chi connectivity index (χ0v) is 40.1. The Kier molecular flexibility index (Phi) is 11.2. The maximum atomic E-state index is 2.49. The molecule has 0 heterocycles. The summed E-state index contributed by atoms with van der Waals surface area (Å²) in [5.41, 5.74) is 16.7. The number of fused-ring (bicyclic) bond motifs is 4. The number of nitrogens with zero attached hydrogens (tertiary/aromatic N) is 2. The lowest BCUT2D eigenvalue weighted by atomic mass is 9.83. The molecule has 13 rings (SSSR count). The van der Waals surface area contributed by atoms with Crippen molar-refractivity contribution in [2.24, 2.45) is 0 Å². The predicted molar refractivity (Wildman–Crippen MR) is 309 cm³/mol. The van der Waals surface area contributed by atoms with Gasteiger partial charge in [0.2, 0.25) is 0 Å². The Balaban J connectivity index is 1.10. The molecule has 2 heteroatoms. The SMILES string of the molecule is C1=CCCC(N(c2ccc(-c3ccccc3)cc2)c2ccc3c(-c4cccc5ccccc45)c4cc(N(c5ccccc5)c5ccc(C6=CCCC=C6)cc5)ccc4c(-c4cccc5ccccc45)c3c2)=C1. The van der Waals surface area contributed by atoms with Crippen LogP contribution >= 0.6 is 0 Å². The molecular formula is C70H52N2. The maximum Gasteiger partial charge on any atom is 0.0468 e. The third-order valence-corrected chi connectivity index (χ3v) is 14.7. The molecule has 0 amide bonds. The summed E-state index contributed by atoms with van der Waals surface area (Å²) < 4.78 is 0. The molecule has 0 aromatic heterocycles. The Morgan fingerprint density at radius 3 is 1.40 bits per heavy atom. The minimum Gasteiger partial charge on any atom is -0.314 e. The Morgan fingerprint density at radius 1 is 0.319 bits per heavy atom. The van der Waals surface area contributed by atoms with Crippen LogP contribution in [0.5, 0.6) is 0 Å². The number of hydrogen-bond donors (Lipinski definition) is 0. The fraction of sp³-hybridized carbons (Fsp3) is 0.0571. The van der Waals surface area contributed by atoms with Crippen LogP contribution in [0.3, 0.4) is 0 Å². The molecule has 2 aliphatic rings. The van der Waals surface area contributed by atoms with Crippen molar-refractivity contribution in [2.75, 3.05) is 9.80 Å². The van der Waals surface area contributed by atoms with Gasteiger partial charge in [-0.2, -0.15) is 0 Å². The van der Waals surface area contributed by atoms with Crippen LogP contribution in [-0.2, 0) is 0 Å². The van der Waals surface area contributed by atoms with Gasteiger partial charge in [-0.1, -0.05) is 200 Å². The van der Waals surface area contributed by atoms with Gasteiger partial charge in [0.15, 0.2) is 0 Å². The summed E-state index contributed by atoms with van der Waals surface area (Å²) in [6.45, 7) is 0. The van der Waals surface area contributed by atoms with E-state index < -0.39 is 0 Å². The fourth-order valence-corrected chi connectivity index (χ4v) is 11.3. The van der Waals surface area contributed by atoms with Crippen LogP contribution in [0, 0.1) is 0 Å². The summed E-state index contributed by atoms with van der Waals surface area (Å²) in [6, 6.07) is 85.5. The van der Waals surface area contributed by atoms with Gasteiger partial charge in [0.1, 0.15) is 0 Å². The summed E-state index contributed by atoms with van der Waals surface area (Å²) in [4.78, 5) is 4.90. The van der Waals surface area contributed by atoms with Gasteiger partial charge in [-0.15, -0.1) is 0 Å². The van der Waals surface area contributed by atoms with Gasteiger partial charge >= 0.3 is 0 Å². The molecule has 2 aliphatic carbocycles. The predicted octanol–water partition coefficient (Wildman–Crippen LogP) is 19.9. The Morgan fingerprint density at radius 2 is 0.819 bits per heavy atom. The molecule has 0 spiro atoms. The summed E-state index contributed by atoms with van der Waals surface area (Å²) in [5.74, 6) is 0. The molecule has 0 atom stereocenters. The molecule has 0 fully saturated rings. The maximum absolute atomic E-state index is 2.49. The standard InChI is InChI=1S/C70H52N2/c1-5-19-49(20-6-1)51-35-39-57(40-36-51)71(55-27-9-3-10-28-55)59-43-45-65-67(47-59)69(63-33-17-25-53-23-13-15-31-61(53)63)66-46-44-60(48-68(66)70(65)64-34-18-26-54-24-14-16-32-62(54)64)72(56-29-11-4-12-30-56)58-41-37-52(38-42-58)50-21-7-2-8-22-50/h1,3-7,9,11-27,29-48H,2,8,10,28H2. The van der Waals surface area contributed by atoms with E-state index in [1.165, 1.54) is 93.3 Å². The molecule has 11 aromatic carbocycles. The molecule has 2 nitrogen and oxygen atoms in total. The van der Waals surface area contributed by atoms with Crippen LogP contribution in [0.25, 0.3) is 82.0 Å². The number of allylic oxidation sites excluding steroid dienone is 8. The van der Waals surface area contributed by atoms with E-state index >= 15 is 0 Å². The molecule has 0 bridgehead atoms. The lowest BCUT2D eigenvalue weighted by Gasteiger charge is -2.30. The highest BCUT2D eigenvalue weighted by atomic mass is 15.2. The van der Waals surface area contributed by atoms with E-state index in [9.17, 15) is 0 Å². The second-order valence-electron chi connectivity index (χ2n) is 19.0. The number of benzene rings is 11. The van der Waals surface area contributed by atoms with Crippen LogP contribution in [0.15, 0.2) is 273 Å². The van der Waals surface area contributed by atoms with Crippen molar-refractivity contribution in [3.05, 3.63) is 278 Å². The Labute approximate surface area is 422 Å². The van der Waals surface area contributed by atoms with Crippen molar-refractivity contribution in [3.8, 4) is 33.4 Å². The topological polar surface area (TPSA) is 6.48 Å². The molecule has 11 aromatic rings. The zero-order chi connectivity index (χ0) is 47.8. The van der Waals surface area contributed by atoms with Crippen molar-refractivity contribution in [2.45, 2.75) is 25.7 Å². The van der Waals surface area contributed by atoms with Gasteiger partial charge in [-0.05, 0) is 180 Å². The Hall–Kier alpha value is -8.98. The monoisotopic (exact) mass is 920 g/mol. The van der Waals surface area contributed by atoms with Gasteiger partial charge < -0.3 is 9.80 Å². The first-order chi connectivity index (χ1) is 35.7. The molecule has 0 N–H and O–H groups in total. The van der Waals surface area contributed by atoms with Crippen LogP contribution in [0.2, 0.25) is 0 Å². The highest BCUT2D eigenvalue weighted by Gasteiger charge is 2.24. The van der Waals surface area contributed by atoms with E-state index in [1.807, 2.05) is 0 Å². The Bertz CT molecular complexity index is 3940. The van der Waals surface area contributed by atoms with Gasteiger partial charge in [0, 0.05) is 34.1 Å². The normalized spacial score (nSPS) is 13.4. The average Bonchev–Trinajstić information content (AvgIpc) is 3.46. The van der Waals surface area contributed by atoms with Gasteiger partial charge in [-0.25, -0.2) is 0 Å². The first-order valence-corrected chi connectivity index (χ1v) is 25.4. The third kappa shape index (κ3) is 7.88. The highest BCUT2D eigenvalue weighted by molar-refractivity contribution is 6.26. The first kappa shape index (κ1) is 43.1. The summed E-state index contributed by atoms with van der Waals surface area (Å²) in [5, 5.41) is 9.75. The van der Waals surface area contributed by atoms with Crippen molar-refractivity contribution in [3.63, 3.8) is 0 Å². The van der Waals surface area contributed by atoms with Crippen LogP contribution in [0.1, 0.15) is 31.2 Å². The average molecular weight is 921 g/mol. The molecule has 0 saturated carbocycles. The molecule has 0 aliphatic heterocycles. The van der Waals surface area contributed by atoms with Crippen molar-refractivity contribution >= 4 is 77.1 Å². The van der Waals surface area contributed by atoms with Crippen LogP contribution in [0.4, 0.5) is 28.4 Å². The largest absolute Gasteiger partial charge is 0.314 e. The zero-order valence-electron chi connectivity index (χ0n) is 40.1. The molecule has 0 saturated heterocycles. The number of anilines is 5. The van der Waals surface area contributed by atoms with E-state index in [2.05, 4.69) is 277 Å².